The first-order valence-corrected chi connectivity index (χ1v) is 9.78. The zero-order valence-electron chi connectivity index (χ0n) is 12.6. The Morgan fingerprint density at radius 3 is 2.78 bits per heavy atom. The van der Waals surface area contributed by atoms with Gasteiger partial charge in [0.1, 0.15) is 4.90 Å². The summed E-state index contributed by atoms with van der Waals surface area (Å²) in [5.41, 5.74) is 0. The molecular formula is C12H17N3O6S2. The Hall–Kier alpha value is -1.72. The molecule has 1 N–H and O–H groups in total. The number of carbonyl (C=O) groups excluding carboxylic acids is 1. The van der Waals surface area contributed by atoms with Crippen LogP contribution in [-0.4, -0.2) is 57.5 Å². The van der Waals surface area contributed by atoms with Crippen LogP contribution in [0.25, 0.3) is 0 Å². The van der Waals surface area contributed by atoms with Gasteiger partial charge in [-0.2, -0.15) is 0 Å². The van der Waals surface area contributed by atoms with Gasteiger partial charge in [0.25, 0.3) is 15.9 Å². The first-order valence-electron chi connectivity index (χ1n) is 6.79. The van der Waals surface area contributed by atoms with Gasteiger partial charge in [0.2, 0.25) is 15.9 Å². The van der Waals surface area contributed by atoms with Crippen LogP contribution >= 0.6 is 0 Å². The van der Waals surface area contributed by atoms with E-state index in [1.165, 1.54) is 25.4 Å². The summed E-state index contributed by atoms with van der Waals surface area (Å²) in [6.45, 7) is 2.01. The molecule has 0 bridgehead atoms. The lowest BCUT2D eigenvalue weighted by Crippen LogP contribution is -2.42. The van der Waals surface area contributed by atoms with Crippen LogP contribution in [0, 0.1) is 0 Å². The number of ether oxygens (including phenoxy) is 1. The molecule has 23 heavy (non-hydrogen) atoms. The van der Waals surface area contributed by atoms with Gasteiger partial charge in [-0.3, -0.25) is 4.79 Å². The van der Waals surface area contributed by atoms with E-state index in [4.69, 9.17) is 4.74 Å². The van der Waals surface area contributed by atoms with Crippen LogP contribution < -0.4 is 9.46 Å². The van der Waals surface area contributed by atoms with Crippen molar-refractivity contribution in [2.45, 2.75) is 23.5 Å². The molecule has 1 aliphatic rings. The average Bonchev–Trinajstić information content (AvgIpc) is 2.73. The minimum Gasteiger partial charge on any atom is -0.477 e. The fourth-order valence-corrected chi connectivity index (χ4v) is 4.86. The topological polar surface area (TPSA) is 123 Å². The number of rotatable bonds is 5. The lowest BCUT2D eigenvalue weighted by molar-refractivity contribution is -0.118. The average molecular weight is 363 g/mol. The minimum absolute atomic E-state index is 0.0333. The zero-order valence-corrected chi connectivity index (χ0v) is 14.2. The summed E-state index contributed by atoms with van der Waals surface area (Å²) in [4.78, 5) is 15.6. The number of carbonyl (C=O) groups is 1. The van der Waals surface area contributed by atoms with Crippen LogP contribution in [0.3, 0.4) is 0 Å². The molecule has 0 aliphatic carbocycles. The third kappa shape index (κ3) is 3.46. The lowest BCUT2D eigenvalue weighted by Gasteiger charge is -2.14. The molecule has 0 radical (unpaired) electrons. The van der Waals surface area contributed by atoms with Crippen molar-refractivity contribution in [1.82, 2.24) is 14.0 Å². The van der Waals surface area contributed by atoms with Gasteiger partial charge in [-0.1, -0.05) is 0 Å². The quantitative estimate of drug-likeness (QED) is 0.735. The summed E-state index contributed by atoms with van der Waals surface area (Å²) >= 11 is 0. The Labute approximate surface area is 134 Å². The Morgan fingerprint density at radius 1 is 1.52 bits per heavy atom. The fraction of sp³-hybridized carbons (Fsp3) is 0.500. The molecule has 1 unspecified atom stereocenters. The summed E-state index contributed by atoms with van der Waals surface area (Å²) < 4.78 is 56.5. The maximum absolute atomic E-state index is 12.3. The van der Waals surface area contributed by atoms with Gasteiger partial charge in [-0.15, -0.1) is 0 Å². The monoisotopic (exact) mass is 363 g/mol. The van der Waals surface area contributed by atoms with Gasteiger partial charge >= 0.3 is 0 Å². The smallest absolute Gasteiger partial charge is 0.269 e. The summed E-state index contributed by atoms with van der Waals surface area (Å²) in [6, 6.07) is 2.60. The van der Waals surface area contributed by atoms with Gasteiger partial charge in [0.15, 0.2) is 5.25 Å². The van der Waals surface area contributed by atoms with E-state index in [1.54, 1.807) is 11.6 Å². The van der Waals surface area contributed by atoms with Crippen LogP contribution in [-0.2, 0) is 24.8 Å². The first kappa shape index (κ1) is 17.6. The summed E-state index contributed by atoms with van der Waals surface area (Å²) in [7, 11) is -6.78. The van der Waals surface area contributed by atoms with Crippen molar-refractivity contribution in [1.29, 1.82) is 0 Å². The number of nitrogens with one attached hydrogen (secondary N) is 1. The normalized spacial score (nSPS) is 21.0. The van der Waals surface area contributed by atoms with Gasteiger partial charge in [-0.05, 0) is 25.5 Å². The number of pyridine rings is 1. The summed E-state index contributed by atoms with van der Waals surface area (Å²) in [5, 5.41) is -1.42. The van der Waals surface area contributed by atoms with E-state index in [2.05, 4.69) is 4.98 Å². The molecule has 9 nitrogen and oxygen atoms in total. The Bertz CT molecular complexity index is 806. The highest BCUT2D eigenvalue weighted by molar-refractivity contribution is 7.92. The van der Waals surface area contributed by atoms with Crippen molar-refractivity contribution in [2.24, 2.45) is 0 Å². The number of aromatic nitrogens is 1. The predicted molar refractivity (Wildman–Crippen MR) is 80.7 cm³/mol. The number of nitrogens with zero attached hydrogens (tertiary/aromatic N) is 2. The molecule has 128 valence electrons. The second-order valence-corrected chi connectivity index (χ2v) is 8.73. The van der Waals surface area contributed by atoms with Crippen LogP contribution in [0.15, 0.2) is 23.2 Å². The molecule has 1 amide bonds. The van der Waals surface area contributed by atoms with Crippen LogP contribution in [0.2, 0.25) is 0 Å². The Kier molecular flexibility index (Phi) is 4.92. The van der Waals surface area contributed by atoms with Crippen LogP contribution in [0.4, 0.5) is 0 Å². The molecule has 1 aromatic rings. The maximum Gasteiger partial charge on any atom is 0.269 e. The van der Waals surface area contributed by atoms with E-state index < -0.39 is 31.2 Å². The van der Waals surface area contributed by atoms with Crippen LogP contribution in [0.5, 0.6) is 5.88 Å². The van der Waals surface area contributed by atoms with E-state index in [9.17, 15) is 21.6 Å². The second-order valence-electron chi connectivity index (χ2n) is 4.85. The fourth-order valence-electron chi connectivity index (χ4n) is 2.14. The first-order chi connectivity index (χ1) is 10.7. The molecule has 11 heteroatoms. The predicted octanol–water partition coefficient (Wildman–Crippen LogP) is -0.681. The van der Waals surface area contributed by atoms with Crippen LogP contribution in [0.1, 0.15) is 13.3 Å². The highest BCUT2D eigenvalue weighted by Gasteiger charge is 2.43. The number of sulfonamides is 2. The highest BCUT2D eigenvalue weighted by Crippen LogP contribution is 2.23. The second kappa shape index (κ2) is 6.42. The maximum atomic E-state index is 12.3. The van der Waals surface area contributed by atoms with Crippen molar-refractivity contribution < 1.29 is 26.4 Å². The molecule has 0 saturated carbocycles. The van der Waals surface area contributed by atoms with E-state index in [1.807, 2.05) is 0 Å². The van der Waals surface area contributed by atoms with Crippen molar-refractivity contribution >= 4 is 26.0 Å². The van der Waals surface area contributed by atoms with Gasteiger partial charge in [0.05, 0.1) is 6.61 Å². The van der Waals surface area contributed by atoms with Crippen molar-refractivity contribution in [3.8, 4) is 5.88 Å². The van der Waals surface area contributed by atoms with Crippen molar-refractivity contribution in [3.05, 3.63) is 18.3 Å². The minimum atomic E-state index is -4.29. The highest BCUT2D eigenvalue weighted by atomic mass is 32.2. The van der Waals surface area contributed by atoms with Crippen molar-refractivity contribution in [2.75, 3.05) is 20.2 Å². The molecule has 0 spiro atoms. The largest absolute Gasteiger partial charge is 0.477 e. The van der Waals surface area contributed by atoms with E-state index in [0.29, 0.717) is 0 Å². The van der Waals surface area contributed by atoms with E-state index in [0.717, 1.165) is 4.31 Å². The van der Waals surface area contributed by atoms with E-state index in [-0.39, 0.29) is 30.3 Å². The lowest BCUT2D eigenvalue weighted by atomic mass is 10.3. The number of hydrogen-bond donors (Lipinski definition) is 1. The molecule has 1 aliphatic heterocycles. The zero-order chi connectivity index (χ0) is 17.3. The third-order valence-electron chi connectivity index (χ3n) is 3.33. The molecule has 2 rings (SSSR count). The molecule has 1 atom stereocenters. The Balaban J connectivity index is 2.27. The van der Waals surface area contributed by atoms with Gasteiger partial charge in [0, 0.05) is 19.8 Å². The summed E-state index contributed by atoms with van der Waals surface area (Å²) in [5.74, 6) is -1.23. The molecule has 1 saturated heterocycles. The molecule has 0 aromatic carbocycles. The number of amides is 1. The standard InChI is InChI=1S/C12H17N3O6S2/c1-3-21-12-10(5-4-7-13-12)22(17,18)14-11(16)9-6-8-15(2)23(9,19)20/h4-5,7,9H,3,6,8H2,1-2H3,(H,14,16). The number of hydrogen-bond acceptors (Lipinski definition) is 7. The molecule has 2 heterocycles. The molecular weight excluding hydrogens is 346 g/mol. The summed E-state index contributed by atoms with van der Waals surface area (Å²) in [6.07, 6.45) is 1.38. The van der Waals surface area contributed by atoms with E-state index >= 15 is 0 Å². The molecule has 1 fully saturated rings. The molecule has 1 aromatic heterocycles. The van der Waals surface area contributed by atoms with Gasteiger partial charge in [-0.25, -0.2) is 30.8 Å². The van der Waals surface area contributed by atoms with Crippen molar-refractivity contribution in [3.63, 3.8) is 0 Å². The van der Waals surface area contributed by atoms with Gasteiger partial charge < -0.3 is 4.74 Å². The third-order valence-corrected chi connectivity index (χ3v) is 6.91. The Morgan fingerprint density at radius 2 is 2.22 bits per heavy atom. The SMILES string of the molecule is CCOc1ncccc1S(=O)(=O)NC(=O)C1CCN(C)S1(=O)=O.